The molecule has 1 atom stereocenters. The van der Waals surface area contributed by atoms with E-state index < -0.39 is 18.0 Å². The van der Waals surface area contributed by atoms with Gasteiger partial charge in [-0.25, -0.2) is 4.79 Å². The molecule has 1 fully saturated rings. The number of methoxy groups -OCH3 is 1. The number of ether oxygens (including phenoxy) is 2. The number of benzene rings is 2. The molecule has 8 nitrogen and oxygen atoms in total. The van der Waals surface area contributed by atoms with Crippen LogP contribution in [0.3, 0.4) is 0 Å². The molecule has 0 radical (unpaired) electrons. The molecule has 1 saturated heterocycles. The van der Waals surface area contributed by atoms with E-state index in [0.29, 0.717) is 42.4 Å². The molecule has 0 aliphatic carbocycles. The zero-order chi connectivity index (χ0) is 24.0. The molecule has 1 unspecified atom stereocenters. The summed E-state index contributed by atoms with van der Waals surface area (Å²) >= 11 is 6.10. The Morgan fingerprint density at radius 1 is 1.09 bits per heavy atom. The number of para-hydroxylation sites is 1. The minimum Gasteiger partial charge on any atom is -0.495 e. The van der Waals surface area contributed by atoms with E-state index in [1.54, 1.807) is 17.0 Å². The first-order valence-electron chi connectivity index (χ1n) is 10.7. The Morgan fingerprint density at radius 3 is 2.39 bits per heavy atom. The van der Waals surface area contributed by atoms with Gasteiger partial charge in [-0.1, -0.05) is 29.8 Å². The van der Waals surface area contributed by atoms with Gasteiger partial charge >= 0.3 is 12.0 Å². The van der Waals surface area contributed by atoms with Gasteiger partial charge in [0.25, 0.3) is 5.91 Å². The van der Waals surface area contributed by atoms with E-state index in [1.807, 2.05) is 37.3 Å². The number of urea groups is 1. The summed E-state index contributed by atoms with van der Waals surface area (Å²) in [7, 11) is 1.48. The van der Waals surface area contributed by atoms with Crippen molar-refractivity contribution in [2.75, 3.05) is 30.8 Å². The van der Waals surface area contributed by atoms with Crippen LogP contribution in [0.25, 0.3) is 0 Å². The quantitative estimate of drug-likeness (QED) is 0.603. The molecule has 3 rings (SSSR count). The second kappa shape index (κ2) is 11.0. The predicted octanol–water partition coefficient (Wildman–Crippen LogP) is 4.47. The number of piperidine rings is 1. The summed E-state index contributed by atoms with van der Waals surface area (Å²) < 4.78 is 10.7. The van der Waals surface area contributed by atoms with Crippen LogP contribution in [0, 0.1) is 12.8 Å². The van der Waals surface area contributed by atoms with Crippen LogP contribution in [0.4, 0.5) is 16.2 Å². The molecule has 2 aromatic rings. The Balaban J connectivity index is 1.49. The molecular formula is C24H28ClN3O5. The Morgan fingerprint density at radius 2 is 1.76 bits per heavy atom. The summed E-state index contributed by atoms with van der Waals surface area (Å²) in [4.78, 5) is 39.2. The van der Waals surface area contributed by atoms with Crippen LogP contribution in [-0.2, 0) is 14.3 Å². The van der Waals surface area contributed by atoms with E-state index in [2.05, 4.69) is 10.6 Å². The van der Waals surface area contributed by atoms with Gasteiger partial charge in [-0.15, -0.1) is 0 Å². The molecule has 3 amide bonds. The van der Waals surface area contributed by atoms with Crippen LogP contribution in [0.1, 0.15) is 25.3 Å². The van der Waals surface area contributed by atoms with E-state index in [-0.39, 0.29) is 11.9 Å². The van der Waals surface area contributed by atoms with Crippen LogP contribution in [0.2, 0.25) is 5.02 Å². The maximum atomic E-state index is 12.6. The number of carbonyl (C=O) groups excluding carboxylic acids is 3. The molecule has 1 aliphatic rings. The van der Waals surface area contributed by atoms with Gasteiger partial charge in [0.1, 0.15) is 5.75 Å². The van der Waals surface area contributed by atoms with Gasteiger partial charge in [-0.2, -0.15) is 0 Å². The molecule has 1 heterocycles. The standard InChI is InChI=1S/C24H28ClN3O5/c1-15-13-20(21(32-3)14-19(15)25)27-22(29)16(2)33-23(30)17-9-11-28(12-10-17)24(31)26-18-7-5-4-6-8-18/h4-8,13-14,16-17H,9-12H2,1-3H3,(H,26,31)(H,27,29). The van der Waals surface area contributed by atoms with Crippen LogP contribution in [0.5, 0.6) is 5.75 Å². The van der Waals surface area contributed by atoms with Crippen LogP contribution in [-0.4, -0.2) is 49.1 Å². The van der Waals surface area contributed by atoms with Gasteiger partial charge in [-0.3, -0.25) is 9.59 Å². The third-order valence-electron chi connectivity index (χ3n) is 5.54. The SMILES string of the molecule is COc1cc(Cl)c(C)cc1NC(=O)C(C)OC(=O)C1CCN(C(=O)Nc2ccccc2)CC1. The molecule has 0 spiro atoms. The van der Waals surface area contributed by atoms with Gasteiger partial charge < -0.3 is 25.0 Å². The topological polar surface area (TPSA) is 97.0 Å². The maximum absolute atomic E-state index is 12.6. The van der Waals surface area contributed by atoms with Crippen molar-refractivity contribution in [3.05, 3.63) is 53.1 Å². The van der Waals surface area contributed by atoms with Crippen molar-refractivity contribution in [2.45, 2.75) is 32.8 Å². The van der Waals surface area contributed by atoms with Crippen molar-refractivity contribution in [1.82, 2.24) is 4.90 Å². The van der Waals surface area contributed by atoms with Gasteiger partial charge in [0.15, 0.2) is 6.10 Å². The normalized spacial score (nSPS) is 14.8. The van der Waals surface area contributed by atoms with Gasteiger partial charge in [0.2, 0.25) is 0 Å². The Kier molecular flexibility index (Phi) is 8.16. The monoisotopic (exact) mass is 473 g/mol. The number of amides is 3. The van der Waals surface area contributed by atoms with E-state index in [1.165, 1.54) is 14.0 Å². The second-order valence-corrected chi connectivity index (χ2v) is 8.33. The summed E-state index contributed by atoms with van der Waals surface area (Å²) in [5.41, 5.74) is 1.95. The number of anilines is 2. The fourth-order valence-corrected chi connectivity index (χ4v) is 3.68. The van der Waals surface area contributed by atoms with Crippen molar-refractivity contribution < 1.29 is 23.9 Å². The number of hydrogen-bond donors (Lipinski definition) is 2. The lowest BCUT2D eigenvalue weighted by Crippen LogP contribution is -2.43. The fourth-order valence-electron chi connectivity index (χ4n) is 3.53. The van der Waals surface area contributed by atoms with Crippen molar-refractivity contribution in [3.63, 3.8) is 0 Å². The van der Waals surface area contributed by atoms with E-state index in [0.717, 1.165) is 11.3 Å². The number of carbonyl (C=O) groups is 3. The lowest BCUT2D eigenvalue weighted by Gasteiger charge is -2.31. The highest BCUT2D eigenvalue weighted by Crippen LogP contribution is 2.31. The number of halogens is 1. The van der Waals surface area contributed by atoms with Crippen LogP contribution < -0.4 is 15.4 Å². The zero-order valence-electron chi connectivity index (χ0n) is 18.9. The summed E-state index contributed by atoms with van der Waals surface area (Å²) in [5, 5.41) is 6.09. The summed E-state index contributed by atoms with van der Waals surface area (Å²) in [6.45, 7) is 4.19. The largest absolute Gasteiger partial charge is 0.495 e. The number of nitrogens with zero attached hydrogens (tertiary/aromatic N) is 1. The fraction of sp³-hybridized carbons (Fsp3) is 0.375. The second-order valence-electron chi connectivity index (χ2n) is 7.93. The first-order valence-corrected chi connectivity index (χ1v) is 11.1. The van der Waals surface area contributed by atoms with Crippen molar-refractivity contribution in [2.24, 2.45) is 5.92 Å². The minimum absolute atomic E-state index is 0.201. The average Bonchev–Trinajstić information content (AvgIpc) is 2.81. The Labute approximate surface area is 198 Å². The minimum atomic E-state index is -0.988. The highest BCUT2D eigenvalue weighted by atomic mass is 35.5. The first-order chi connectivity index (χ1) is 15.8. The number of aryl methyl sites for hydroxylation is 1. The van der Waals surface area contributed by atoms with E-state index >= 15 is 0 Å². The van der Waals surface area contributed by atoms with Gasteiger partial charge in [0, 0.05) is 29.9 Å². The summed E-state index contributed by atoms with van der Waals surface area (Å²) in [6.07, 6.45) is -0.0447. The molecular weight excluding hydrogens is 446 g/mol. The Hall–Kier alpha value is -3.26. The number of rotatable bonds is 6. The van der Waals surface area contributed by atoms with Gasteiger partial charge in [0.05, 0.1) is 18.7 Å². The smallest absolute Gasteiger partial charge is 0.321 e. The predicted molar refractivity (Wildman–Crippen MR) is 127 cm³/mol. The van der Waals surface area contributed by atoms with Crippen LogP contribution in [0.15, 0.2) is 42.5 Å². The number of likely N-dealkylation sites (tertiary alicyclic amines) is 1. The molecule has 0 saturated carbocycles. The average molecular weight is 474 g/mol. The van der Waals surface area contributed by atoms with Crippen molar-refractivity contribution in [1.29, 1.82) is 0 Å². The highest BCUT2D eigenvalue weighted by molar-refractivity contribution is 6.31. The van der Waals surface area contributed by atoms with Crippen molar-refractivity contribution >= 4 is 40.9 Å². The maximum Gasteiger partial charge on any atom is 0.321 e. The first kappa shape index (κ1) is 24.4. The third-order valence-corrected chi connectivity index (χ3v) is 5.95. The molecule has 33 heavy (non-hydrogen) atoms. The zero-order valence-corrected chi connectivity index (χ0v) is 19.6. The number of esters is 1. The van der Waals surface area contributed by atoms with E-state index in [4.69, 9.17) is 21.1 Å². The molecule has 0 aromatic heterocycles. The highest BCUT2D eigenvalue weighted by Gasteiger charge is 2.30. The third kappa shape index (κ3) is 6.38. The molecule has 1 aliphatic heterocycles. The molecule has 176 valence electrons. The van der Waals surface area contributed by atoms with E-state index in [9.17, 15) is 14.4 Å². The van der Waals surface area contributed by atoms with Crippen LogP contribution >= 0.6 is 11.6 Å². The molecule has 0 bridgehead atoms. The molecule has 2 aromatic carbocycles. The van der Waals surface area contributed by atoms with Gasteiger partial charge in [-0.05, 0) is 50.5 Å². The lowest BCUT2D eigenvalue weighted by atomic mass is 9.97. The number of nitrogens with one attached hydrogen (secondary N) is 2. The lowest BCUT2D eigenvalue weighted by molar-refractivity contribution is -0.158. The number of hydrogen-bond acceptors (Lipinski definition) is 5. The molecule has 2 N–H and O–H groups in total. The summed E-state index contributed by atoms with van der Waals surface area (Å²) in [6, 6.07) is 12.3. The molecule has 9 heteroatoms. The Bertz CT molecular complexity index is 1010. The summed E-state index contributed by atoms with van der Waals surface area (Å²) in [5.74, 6) is -0.866. The van der Waals surface area contributed by atoms with Crippen molar-refractivity contribution in [3.8, 4) is 5.75 Å².